The third kappa shape index (κ3) is 6.30. The second kappa shape index (κ2) is 13.7. The Labute approximate surface area is 259 Å². The number of alkyl carbamates (subject to hydrolysis) is 1. The summed E-state index contributed by atoms with van der Waals surface area (Å²) < 4.78 is 28.5. The average molecular weight is 609 g/mol. The normalized spacial score (nSPS) is 10.7. The maximum Gasteiger partial charge on any atom is 0.407 e. The van der Waals surface area contributed by atoms with Crippen LogP contribution in [0.4, 0.5) is 4.79 Å². The van der Waals surface area contributed by atoms with Crippen molar-refractivity contribution in [2.24, 2.45) is 0 Å². The first kappa shape index (κ1) is 30.7. The SMILES string of the molecule is COC(=O)c1c(-c2cc(OC)c(OC)c(OC)c2)c2ccccc2c(=O)n1-c1ccc(CNC(=O)OCc2ccccc2)cc1. The molecule has 4 aromatic carbocycles. The van der Waals surface area contributed by atoms with E-state index < -0.39 is 17.6 Å². The van der Waals surface area contributed by atoms with Crippen molar-refractivity contribution in [1.82, 2.24) is 9.88 Å². The molecule has 1 N–H and O–H groups in total. The van der Waals surface area contributed by atoms with Gasteiger partial charge in [0, 0.05) is 23.2 Å². The Bertz CT molecular complexity index is 1880. The molecule has 10 nitrogen and oxygen atoms in total. The minimum atomic E-state index is -0.714. The average Bonchev–Trinajstić information content (AvgIpc) is 3.09. The third-order valence-corrected chi connectivity index (χ3v) is 7.27. The minimum absolute atomic E-state index is 0.0193. The topological polar surface area (TPSA) is 114 Å². The van der Waals surface area contributed by atoms with Crippen molar-refractivity contribution in [1.29, 1.82) is 0 Å². The summed E-state index contributed by atoms with van der Waals surface area (Å²) in [4.78, 5) is 39.8. The van der Waals surface area contributed by atoms with E-state index in [4.69, 9.17) is 23.7 Å². The van der Waals surface area contributed by atoms with E-state index in [9.17, 15) is 14.4 Å². The summed E-state index contributed by atoms with van der Waals surface area (Å²) in [6, 6.07) is 26.8. The number of benzene rings is 4. The predicted molar refractivity (Wildman–Crippen MR) is 169 cm³/mol. The summed E-state index contributed by atoms with van der Waals surface area (Å²) in [5.41, 5.74) is 2.67. The quantitative estimate of drug-likeness (QED) is 0.195. The van der Waals surface area contributed by atoms with Crippen molar-refractivity contribution in [2.75, 3.05) is 28.4 Å². The zero-order chi connectivity index (χ0) is 31.9. The molecule has 0 aliphatic heterocycles. The molecule has 0 atom stereocenters. The first-order valence-electron chi connectivity index (χ1n) is 14.0. The van der Waals surface area contributed by atoms with Gasteiger partial charge in [0.2, 0.25) is 5.75 Å². The van der Waals surface area contributed by atoms with E-state index in [-0.39, 0.29) is 18.8 Å². The van der Waals surface area contributed by atoms with Gasteiger partial charge in [-0.2, -0.15) is 0 Å². The first-order chi connectivity index (χ1) is 21.9. The predicted octanol–water partition coefficient (Wildman–Crippen LogP) is 5.90. The van der Waals surface area contributed by atoms with E-state index in [1.54, 1.807) is 60.7 Å². The molecule has 5 rings (SSSR count). The molecule has 0 aliphatic rings. The lowest BCUT2D eigenvalue weighted by molar-refractivity contribution is 0.0591. The number of carbonyl (C=O) groups excluding carboxylic acids is 2. The Balaban J connectivity index is 1.57. The monoisotopic (exact) mass is 608 g/mol. The molecule has 45 heavy (non-hydrogen) atoms. The number of hydrogen-bond donors (Lipinski definition) is 1. The number of nitrogens with zero attached hydrogens (tertiary/aromatic N) is 1. The van der Waals surface area contributed by atoms with Gasteiger partial charge in [-0.1, -0.05) is 60.7 Å². The van der Waals surface area contributed by atoms with Crippen LogP contribution in [0.25, 0.3) is 27.6 Å². The van der Waals surface area contributed by atoms with Crippen molar-refractivity contribution < 1.29 is 33.3 Å². The molecule has 0 aliphatic carbocycles. The molecule has 0 spiro atoms. The number of fused-ring (bicyclic) bond motifs is 1. The molecular formula is C35H32N2O8. The van der Waals surface area contributed by atoms with Gasteiger partial charge < -0.3 is 29.0 Å². The van der Waals surface area contributed by atoms with Crippen LogP contribution in [0.3, 0.4) is 0 Å². The van der Waals surface area contributed by atoms with E-state index in [1.165, 1.54) is 33.0 Å². The summed E-state index contributed by atoms with van der Waals surface area (Å²) >= 11 is 0. The lowest BCUT2D eigenvalue weighted by atomic mass is 9.95. The smallest absolute Gasteiger partial charge is 0.407 e. The highest BCUT2D eigenvalue weighted by molar-refractivity contribution is 6.07. The summed E-state index contributed by atoms with van der Waals surface area (Å²) in [6.45, 7) is 0.349. The van der Waals surface area contributed by atoms with Gasteiger partial charge >= 0.3 is 12.1 Å². The highest BCUT2D eigenvalue weighted by Crippen LogP contribution is 2.43. The van der Waals surface area contributed by atoms with Gasteiger partial charge in [0.1, 0.15) is 12.3 Å². The van der Waals surface area contributed by atoms with Gasteiger partial charge in [-0.05, 0) is 52.4 Å². The van der Waals surface area contributed by atoms with E-state index in [1.807, 2.05) is 30.3 Å². The summed E-state index contributed by atoms with van der Waals surface area (Å²) in [6.07, 6.45) is -0.559. The van der Waals surface area contributed by atoms with Crippen molar-refractivity contribution in [2.45, 2.75) is 13.2 Å². The molecule has 0 radical (unpaired) electrons. The third-order valence-electron chi connectivity index (χ3n) is 7.27. The lowest BCUT2D eigenvalue weighted by Crippen LogP contribution is -2.27. The second-order valence-corrected chi connectivity index (χ2v) is 9.90. The fourth-order valence-electron chi connectivity index (χ4n) is 5.11. The number of amides is 1. The van der Waals surface area contributed by atoms with Crippen LogP contribution in [-0.4, -0.2) is 45.1 Å². The van der Waals surface area contributed by atoms with Gasteiger partial charge in [-0.3, -0.25) is 9.36 Å². The molecule has 1 amide bonds. The number of nitrogens with one attached hydrogen (secondary N) is 1. The summed E-state index contributed by atoms with van der Waals surface area (Å²) in [5, 5.41) is 3.66. The molecule has 1 aromatic heterocycles. The Kier molecular flexibility index (Phi) is 9.33. The summed E-state index contributed by atoms with van der Waals surface area (Å²) in [5.74, 6) is 0.426. The van der Waals surface area contributed by atoms with Gasteiger partial charge in [0.05, 0.1) is 28.4 Å². The first-order valence-corrected chi connectivity index (χ1v) is 14.0. The Morgan fingerprint density at radius 1 is 0.733 bits per heavy atom. The van der Waals surface area contributed by atoms with Gasteiger partial charge in [0.15, 0.2) is 11.5 Å². The number of rotatable bonds is 10. The number of methoxy groups -OCH3 is 4. The molecule has 5 aromatic rings. The van der Waals surface area contributed by atoms with Crippen molar-refractivity contribution in [3.05, 3.63) is 118 Å². The van der Waals surface area contributed by atoms with Crippen molar-refractivity contribution in [3.8, 4) is 34.1 Å². The van der Waals surface area contributed by atoms with Crippen molar-refractivity contribution >= 4 is 22.8 Å². The number of hydrogen-bond acceptors (Lipinski definition) is 8. The standard InChI is InChI=1S/C35H32N2O8/c1-41-28-18-24(19-29(42-2)32(28)43-3)30-26-12-8-9-13-27(26)33(38)37(31(30)34(39)44-4)25-16-14-22(15-17-25)20-36-35(40)45-21-23-10-6-5-7-11-23/h5-19H,20-21H2,1-4H3,(H,36,40). The molecule has 0 unspecified atom stereocenters. The van der Waals surface area contributed by atoms with Crippen LogP contribution in [0.1, 0.15) is 21.6 Å². The highest BCUT2D eigenvalue weighted by atomic mass is 16.5. The Morgan fingerprint density at radius 3 is 1.96 bits per heavy atom. The Morgan fingerprint density at radius 2 is 1.36 bits per heavy atom. The van der Waals surface area contributed by atoms with Crippen LogP contribution < -0.4 is 25.1 Å². The number of carbonyl (C=O) groups is 2. The molecule has 0 bridgehead atoms. The van der Waals surface area contributed by atoms with E-state index >= 15 is 0 Å². The molecule has 0 saturated heterocycles. The molecule has 0 saturated carbocycles. The van der Waals surface area contributed by atoms with Crippen LogP contribution >= 0.6 is 0 Å². The van der Waals surface area contributed by atoms with E-state index in [0.29, 0.717) is 44.8 Å². The number of ether oxygens (including phenoxy) is 5. The molecular weight excluding hydrogens is 576 g/mol. The van der Waals surface area contributed by atoms with Crippen molar-refractivity contribution in [3.63, 3.8) is 0 Å². The van der Waals surface area contributed by atoms with E-state index in [2.05, 4.69) is 5.32 Å². The van der Waals surface area contributed by atoms with Gasteiger partial charge in [-0.15, -0.1) is 0 Å². The minimum Gasteiger partial charge on any atom is -0.493 e. The van der Waals surface area contributed by atoms with Crippen LogP contribution in [0.5, 0.6) is 17.2 Å². The Hall–Kier alpha value is -5.77. The number of pyridine rings is 1. The number of aromatic nitrogens is 1. The molecule has 10 heteroatoms. The molecule has 230 valence electrons. The largest absolute Gasteiger partial charge is 0.493 e. The second-order valence-electron chi connectivity index (χ2n) is 9.90. The fourth-order valence-corrected chi connectivity index (χ4v) is 5.11. The van der Waals surface area contributed by atoms with E-state index in [0.717, 1.165) is 11.1 Å². The zero-order valence-corrected chi connectivity index (χ0v) is 25.3. The zero-order valence-electron chi connectivity index (χ0n) is 25.3. The summed E-state index contributed by atoms with van der Waals surface area (Å²) in [7, 11) is 5.76. The maximum atomic E-state index is 14.0. The molecule has 1 heterocycles. The highest BCUT2D eigenvalue weighted by Gasteiger charge is 2.27. The molecule has 0 fully saturated rings. The van der Waals surface area contributed by atoms with Crippen LogP contribution in [0.2, 0.25) is 0 Å². The van der Waals surface area contributed by atoms with Crippen LogP contribution in [0.15, 0.2) is 95.8 Å². The van der Waals surface area contributed by atoms with Gasteiger partial charge in [-0.25, -0.2) is 9.59 Å². The maximum absolute atomic E-state index is 14.0. The van der Waals surface area contributed by atoms with Gasteiger partial charge in [0.25, 0.3) is 5.56 Å². The lowest BCUT2D eigenvalue weighted by Gasteiger charge is -2.20. The number of esters is 1. The van der Waals surface area contributed by atoms with Crippen LogP contribution in [0, 0.1) is 0 Å². The fraction of sp³-hybridized carbons (Fsp3) is 0.171. The van der Waals surface area contributed by atoms with Crippen LogP contribution in [-0.2, 0) is 22.6 Å².